The molecule has 0 aliphatic carbocycles. The van der Waals surface area contributed by atoms with E-state index in [1.807, 2.05) is 42.7 Å². The van der Waals surface area contributed by atoms with Gasteiger partial charge in [-0.3, -0.25) is 4.72 Å². The highest BCUT2D eigenvalue weighted by Gasteiger charge is 2.36. The van der Waals surface area contributed by atoms with Crippen LogP contribution in [0, 0.1) is 5.82 Å². The molecule has 0 radical (unpaired) electrons. The summed E-state index contributed by atoms with van der Waals surface area (Å²) in [5, 5.41) is 3.16. The number of alkyl halides is 1. The third-order valence-electron chi connectivity index (χ3n) is 4.26. The monoisotopic (exact) mass is 334 g/mol. The van der Waals surface area contributed by atoms with Crippen LogP contribution in [0.3, 0.4) is 0 Å². The lowest BCUT2D eigenvalue weighted by atomic mass is 9.96. The predicted octanol–water partition coefficient (Wildman–Crippen LogP) is 3.58. The van der Waals surface area contributed by atoms with Gasteiger partial charge in [0.1, 0.15) is 12.0 Å². The van der Waals surface area contributed by atoms with Gasteiger partial charge in [0, 0.05) is 18.2 Å². The molecule has 122 valence electrons. The average molecular weight is 334 g/mol. The standard InChI is InChI=1S/C18H20F2N2S/c1-23-22-18-15(19)11-21-16(18)10-13-8-5-9-14(17(13)20)12-6-3-2-4-7-12/h2-9,15-16,18,21-22H,10-11H2,1H3. The SMILES string of the molecule is CSNC1C(F)CNC1Cc1cccc(-c2ccccc2)c1F. The van der Waals surface area contributed by atoms with Crippen molar-refractivity contribution < 1.29 is 8.78 Å². The van der Waals surface area contributed by atoms with Crippen molar-refractivity contribution in [3.05, 3.63) is 59.9 Å². The minimum atomic E-state index is -0.951. The van der Waals surface area contributed by atoms with Gasteiger partial charge >= 0.3 is 0 Å². The van der Waals surface area contributed by atoms with Crippen molar-refractivity contribution in [3.8, 4) is 11.1 Å². The molecule has 5 heteroatoms. The molecule has 2 aromatic rings. The van der Waals surface area contributed by atoms with Crippen LogP contribution in [0.4, 0.5) is 8.78 Å². The maximum Gasteiger partial charge on any atom is 0.134 e. The number of hydrogen-bond acceptors (Lipinski definition) is 3. The molecule has 2 aromatic carbocycles. The Morgan fingerprint density at radius 2 is 1.96 bits per heavy atom. The van der Waals surface area contributed by atoms with Gasteiger partial charge in [-0.15, -0.1) is 0 Å². The molecule has 1 aliphatic rings. The largest absolute Gasteiger partial charge is 0.309 e. The summed E-state index contributed by atoms with van der Waals surface area (Å²) in [4.78, 5) is 0. The lowest BCUT2D eigenvalue weighted by Gasteiger charge is -2.21. The Balaban J connectivity index is 1.84. The van der Waals surface area contributed by atoms with E-state index in [9.17, 15) is 8.78 Å². The zero-order valence-electron chi connectivity index (χ0n) is 12.9. The van der Waals surface area contributed by atoms with Gasteiger partial charge in [0.25, 0.3) is 0 Å². The van der Waals surface area contributed by atoms with E-state index in [0.717, 1.165) is 5.56 Å². The molecule has 0 spiro atoms. The molecular formula is C18H20F2N2S. The summed E-state index contributed by atoms with van der Waals surface area (Å²) >= 11 is 1.40. The quantitative estimate of drug-likeness (QED) is 0.817. The number of rotatable bonds is 5. The predicted molar refractivity (Wildman–Crippen MR) is 92.7 cm³/mol. The Morgan fingerprint density at radius 3 is 2.70 bits per heavy atom. The van der Waals surface area contributed by atoms with Crippen molar-refractivity contribution in [1.29, 1.82) is 0 Å². The third kappa shape index (κ3) is 3.57. The maximum atomic E-state index is 14.9. The van der Waals surface area contributed by atoms with Gasteiger partial charge < -0.3 is 5.32 Å². The van der Waals surface area contributed by atoms with Gasteiger partial charge in [0.15, 0.2) is 0 Å². The van der Waals surface area contributed by atoms with Crippen LogP contribution in [0.2, 0.25) is 0 Å². The van der Waals surface area contributed by atoms with Crippen LogP contribution in [-0.4, -0.2) is 31.1 Å². The fourth-order valence-electron chi connectivity index (χ4n) is 3.08. The Morgan fingerprint density at radius 1 is 1.17 bits per heavy atom. The molecule has 3 atom stereocenters. The molecule has 1 aliphatic heterocycles. The van der Waals surface area contributed by atoms with Gasteiger partial charge in [-0.1, -0.05) is 60.5 Å². The number of nitrogens with one attached hydrogen (secondary N) is 2. The van der Waals surface area contributed by atoms with Gasteiger partial charge in [-0.25, -0.2) is 8.78 Å². The average Bonchev–Trinajstić information content (AvgIpc) is 2.91. The van der Waals surface area contributed by atoms with E-state index in [0.29, 0.717) is 24.1 Å². The van der Waals surface area contributed by atoms with Crippen LogP contribution < -0.4 is 10.0 Å². The number of benzene rings is 2. The van der Waals surface area contributed by atoms with E-state index < -0.39 is 6.17 Å². The molecule has 0 saturated carbocycles. The first-order valence-electron chi connectivity index (χ1n) is 7.69. The Labute approximate surface area is 139 Å². The summed E-state index contributed by atoms with van der Waals surface area (Å²) in [5.41, 5.74) is 2.06. The highest BCUT2D eigenvalue weighted by Crippen LogP contribution is 2.27. The Kier molecular flexibility index (Phi) is 5.30. The highest BCUT2D eigenvalue weighted by molar-refractivity contribution is 7.96. The second kappa shape index (κ2) is 7.43. The van der Waals surface area contributed by atoms with Crippen LogP contribution in [0.1, 0.15) is 5.56 Å². The van der Waals surface area contributed by atoms with Gasteiger partial charge in [-0.2, -0.15) is 0 Å². The molecular weight excluding hydrogens is 314 g/mol. The maximum absolute atomic E-state index is 14.9. The molecule has 0 bridgehead atoms. The summed E-state index contributed by atoms with van der Waals surface area (Å²) < 4.78 is 31.9. The van der Waals surface area contributed by atoms with Gasteiger partial charge in [0.05, 0.1) is 6.04 Å². The molecule has 1 saturated heterocycles. The molecule has 0 amide bonds. The van der Waals surface area contributed by atoms with Crippen molar-refractivity contribution in [3.63, 3.8) is 0 Å². The van der Waals surface area contributed by atoms with E-state index in [-0.39, 0.29) is 17.9 Å². The molecule has 0 aromatic heterocycles. The van der Waals surface area contributed by atoms with Gasteiger partial charge in [0.2, 0.25) is 0 Å². The number of halogens is 2. The van der Waals surface area contributed by atoms with E-state index in [4.69, 9.17) is 0 Å². The first-order chi connectivity index (χ1) is 11.2. The lowest BCUT2D eigenvalue weighted by molar-refractivity contribution is 0.308. The van der Waals surface area contributed by atoms with Gasteiger partial charge in [-0.05, 0) is 23.8 Å². The second-order valence-corrected chi connectivity index (χ2v) is 6.37. The van der Waals surface area contributed by atoms with Crippen LogP contribution in [-0.2, 0) is 6.42 Å². The lowest BCUT2D eigenvalue weighted by Crippen LogP contribution is -2.42. The first-order valence-corrected chi connectivity index (χ1v) is 8.92. The van der Waals surface area contributed by atoms with Crippen molar-refractivity contribution in [2.75, 3.05) is 12.8 Å². The summed E-state index contributed by atoms with van der Waals surface area (Å²) in [6.45, 7) is 0.308. The minimum Gasteiger partial charge on any atom is -0.309 e. The Bertz CT molecular complexity index is 651. The third-order valence-corrected chi connectivity index (χ3v) is 4.76. The summed E-state index contributed by atoms with van der Waals surface area (Å²) in [5.74, 6) is -0.217. The molecule has 3 unspecified atom stereocenters. The number of hydrogen-bond donors (Lipinski definition) is 2. The van der Waals surface area contributed by atoms with Crippen molar-refractivity contribution >= 4 is 11.9 Å². The first kappa shape index (κ1) is 16.4. The molecule has 3 rings (SSSR count). The van der Waals surface area contributed by atoms with E-state index in [1.165, 1.54) is 11.9 Å². The Hall–Kier alpha value is -1.43. The van der Waals surface area contributed by atoms with Crippen molar-refractivity contribution in [1.82, 2.24) is 10.0 Å². The highest BCUT2D eigenvalue weighted by atomic mass is 32.2. The fourth-order valence-corrected chi connectivity index (χ4v) is 3.66. The van der Waals surface area contributed by atoms with Crippen LogP contribution >= 0.6 is 11.9 Å². The van der Waals surface area contributed by atoms with Crippen LogP contribution in [0.15, 0.2) is 48.5 Å². The second-order valence-electron chi connectivity index (χ2n) is 5.73. The molecule has 1 heterocycles. The summed E-state index contributed by atoms with van der Waals surface area (Å²) in [6, 6.07) is 14.5. The molecule has 23 heavy (non-hydrogen) atoms. The topological polar surface area (TPSA) is 24.1 Å². The smallest absolute Gasteiger partial charge is 0.134 e. The van der Waals surface area contributed by atoms with Crippen molar-refractivity contribution in [2.45, 2.75) is 24.7 Å². The van der Waals surface area contributed by atoms with Crippen LogP contribution in [0.25, 0.3) is 11.1 Å². The van der Waals surface area contributed by atoms with E-state index in [2.05, 4.69) is 10.0 Å². The molecule has 2 N–H and O–H groups in total. The minimum absolute atomic E-state index is 0.113. The normalized spacial score (nSPS) is 24.0. The van der Waals surface area contributed by atoms with Crippen molar-refractivity contribution in [2.24, 2.45) is 0 Å². The molecule has 1 fully saturated rings. The summed E-state index contributed by atoms with van der Waals surface area (Å²) in [6.07, 6.45) is 1.39. The fraction of sp³-hybridized carbons (Fsp3) is 0.333. The van der Waals surface area contributed by atoms with Crippen LogP contribution in [0.5, 0.6) is 0 Å². The zero-order chi connectivity index (χ0) is 16.2. The zero-order valence-corrected chi connectivity index (χ0v) is 13.7. The van der Waals surface area contributed by atoms with E-state index >= 15 is 0 Å². The summed E-state index contributed by atoms with van der Waals surface area (Å²) in [7, 11) is 0. The molecule has 2 nitrogen and oxygen atoms in total. The van der Waals surface area contributed by atoms with E-state index in [1.54, 1.807) is 12.1 Å².